The van der Waals surface area contributed by atoms with Crippen molar-refractivity contribution < 1.29 is 4.39 Å². The van der Waals surface area contributed by atoms with E-state index in [4.69, 9.17) is 0 Å². The highest BCUT2D eigenvalue weighted by Crippen LogP contribution is 2.17. The summed E-state index contributed by atoms with van der Waals surface area (Å²) in [6.45, 7) is 7.70. The first-order valence-electron chi connectivity index (χ1n) is 3.96. The molecule has 1 aliphatic heterocycles. The van der Waals surface area contributed by atoms with E-state index in [-0.39, 0.29) is 0 Å². The summed E-state index contributed by atoms with van der Waals surface area (Å²) in [7, 11) is 0.500. The number of hydrogen-bond acceptors (Lipinski definition) is 2. The van der Waals surface area contributed by atoms with Gasteiger partial charge in [-0.25, -0.2) is 5.01 Å². The number of hydrogen-bond donors (Lipinski definition) is 0. The summed E-state index contributed by atoms with van der Waals surface area (Å²) in [5.74, 6) is 0. The number of rotatable bonds is 1. The Morgan fingerprint density at radius 2 is 2.15 bits per heavy atom. The van der Waals surface area contributed by atoms with Crippen molar-refractivity contribution in [3.63, 3.8) is 0 Å². The van der Waals surface area contributed by atoms with Crippen molar-refractivity contribution in [1.29, 1.82) is 0 Å². The molecule has 72 valence electrons. The molecule has 1 aliphatic rings. The van der Waals surface area contributed by atoms with Gasteiger partial charge in [0, 0.05) is 12.4 Å². The van der Waals surface area contributed by atoms with Crippen LogP contribution < -0.4 is 0 Å². The van der Waals surface area contributed by atoms with Crippen molar-refractivity contribution in [1.82, 2.24) is 5.01 Å². The molecule has 0 amide bonds. The van der Waals surface area contributed by atoms with Gasteiger partial charge in [0.1, 0.15) is 0 Å². The zero-order valence-corrected chi connectivity index (χ0v) is 8.29. The third-order valence-corrected chi connectivity index (χ3v) is 1.61. The van der Waals surface area contributed by atoms with Crippen molar-refractivity contribution in [2.45, 2.75) is 13.8 Å². The Labute approximate surface area is 78.7 Å². The zero-order chi connectivity index (χ0) is 10.3. The van der Waals surface area contributed by atoms with Crippen LogP contribution in [0.3, 0.4) is 0 Å². The van der Waals surface area contributed by atoms with Gasteiger partial charge in [-0.3, -0.25) is 4.39 Å². The molecule has 0 saturated carbocycles. The summed E-state index contributed by atoms with van der Waals surface area (Å²) in [6.07, 6.45) is 7.46. The number of hydrazone groups is 1. The number of alkyl halides is 1. The molecule has 1 rings (SSSR count). The van der Waals surface area contributed by atoms with Crippen LogP contribution in [0.15, 0.2) is 41.3 Å². The van der Waals surface area contributed by atoms with Crippen LogP contribution in [-0.2, 0) is 0 Å². The standard InChI is InChI=1S/C9H12N2.CH3F/c1-4-9-8(3)6-7-10-11(9)5-2;1-2/h4-7H,2H2,1,3H3;1H3/b9-4-;. The molecule has 0 aliphatic carbocycles. The summed E-state index contributed by atoms with van der Waals surface area (Å²) in [5.41, 5.74) is 2.31. The van der Waals surface area contributed by atoms with E-state index < -0.39 is 0 Å². The van der Waals surface area contributed by atoms with Crippen LogP contribution in [-0.4, -0.2) is 18.4 Å². The molecule has 1 heterocycles. The maximum absolute atomic E-state index is 9.50. The highest BCUT2D eigenvalue weighted by atomic mass is 19.1. The Morgan fingerprint density at radius 1 is 1.54 bits per heavy atom. The maximum Gasteiger partial charge on any atom is 0.0785 e. The Bertz CT molecular complexity index is 252. The average Bonchev–Trinajstić information content (AvgIpc) is 2.20. The van der Waals surface area contributed by atoms with E-state index in [9.17, 15) is 4.39 Å². The molecule has 0 saturated heterocycles. The second-order valence-electron chi connectivity index (χ2n) is 2.32. The van der Waals surface area contributed by atoms with Crippen molar-refractivity contribution >= 4 is 6.21 Å². The van der Waals surface area contributed by atoms with E-state index in [1.165, 1.54) is 5.57 Å². The maximum atomic E-state index is 9.50. The fourth-order valence-corrected chi connectivity index (χ4v) is 1.05. The van der Waals surface area contributed by atoms with E-state index in [1.807, 2.05) is 19.1 Å². The Kier molecular flexibility index (Phi) is 5.52. The lowest BCUT2D eigenvalue weighted by Gasteiger charge is -2.20. The predicted molar refractivity (Wildman–Crippen MR) is 55.1 cm³/mol. The van der Waals surface area contributed by atoms with Gasteiger partial charge in [0.15, 0.2) is 0 Å². The van der Waals surface area contributed by atoms with Crippen LogP contribution in [0.4, 0.5) is 4.39 Å². The normalized spacial score (nSPS) is 17.7. The quantitative estimate of drug-likeness (QED) is 0.608. The van der Waals surface area contributed by atoms with E-state index >= 15 is 0 Å². The Hall–Kier alpha value is -1.38. The fraction of sp³-hybridized carbons (Fsp3) is 0.300. The summed E-state index contributed by atoms with van der Waals surface area (Å²) in [6, 6.07) is 0. The van der Waals surface area contributed by atoms with E-state index in [0.29, 0.717) is 7.18 Å². The lowest BCUT2D eigenvalue weighted by Crippen LogP contribution is -2.13. The van der Waals surface area contributed by atoms with Gasteiger partial charge in [-0.1, -0.05) is 12.7 Å². The third kappa shape index (κ3) is 2.86. The minimum Gasteiger partial charge on any atom is -0.255 e. The molecular weight excluding hydrogens is 167 g/mol. The number of allylic oxidation sites excluding steroid dienone is 3. The van der Waals surface area contributed by atoms with Gasteiger partial charge in [-0.05, 0) is 25.5 Å². The fourth-order valence-electron chi connectivity index (χ4n) is 1.05. The summed E-state index contributed by atoms with van der Waals surface area (Å²) in [4.78, 5) is 0. The minimum absolute atomic E-state index is 0.500. The molecular formula is C10H15FN2. The minimum atomic E-state index is 0.500. The Balaban J connectivity index is 0.000000671. The molecule has 0 bridgehead atoms. The molecule has 0 atom stereocenters. The lowest BCUT2D eigenvalue weighted by atomic mass is 10.2. The molecule has 2 nitrogen and oxygen atoms in total. The first kappa shape index (κ1) is 11.6. The molecule has 0 radical (unpaired) electrons. The Morgan fingerprint density at radius 3 is 2.54 bits per heavy atom. The highest BCUT2D eigenvalue weighted by molar-refractivity contribution is 5.74. The third-order valence-electron chi connectivity index (χ3n) is 1.61. The first-order valence-corrected chi connectivity index (χ1v) is 3.96. The van der Waals surface area contributed by atoms with Gasteiger partial charge in [-0.2, -0.15) is 5.10 Å². The van der Waals surface area contributed by atoms with E-state index in [2.05, 4.69) is 18.6 Å². The van der Waals surface area contributed by atoms with Crippen LogP contribution in [0, 0.1) is 0 Å². The highest BCUT2D eigenvalue weighted by Gasteiger charge is 2.07. The second-order valence-corrected chi connectivity index (χ2v) is 2.32. The van der Waals surface area contributed by atoms with Crippen LogP contribution in [0.1, 0.15) is 13.8 Å². The predicted octanol–water partition coefficient (Wildman–Crippen LogP) is 2.87. The molecule has 0 N–H and O–H groups in total. The number of halogens is 1. The SMILES string of the molecule is C=CN1N=CC=C(C)/C1=C/C.CF. The van der Waals surface area contributed by atoms with Crippen LogP contribution in [0.25, 0.3) is 0 Å². The summed E-state index contributed by atoms with van der Waals surface area (Å²) in [5, 5.41) is 5.86. The summed E-state index contributed by atoms with van der Waals surface area (Å²) < 4.78 is 9.50. The topological polar surface area (TPSA) is 15.6 Å². The van der Waals surface area contributed by atoms with Gasteiger partial charge in [0.05, 0.1) is 12.9 Å². The second kappa shape index (κ2) is 6.17. The average molecular weight is 182 g/mol. The number of nitrogens with zero attached hydrogens (tertiary/aromatic N) is 2. The van der Waals surface area contributed by atoms with E-state index in [0.717, 1.165) is 5.70 Å². The molecule has 0 fully saturated rings. The molecule has 13 heavy (non-hydrogen) atoms. The monoisotopic (exact) mass is 182 g/mol. The smallest absolute Gasteiger partial charge is 0.0785 e. The van der Waals surface area contributed by atoms with E-state index in [1.54, 1.807) is 17.4 Å². The van der Waals surface area contributed by atoms with Gasteiger partial charge < -0.3 is 0 Å². The van der Waals surface area contributed by atoms with Crippen LogP contribution >= 0.6 is 0 Å². The van der Waals surface area contributed by atoms with Gasteiger partial charge in [0.2, 0.25) is 0 Å². The van der Waals surface area contributed by atoms with Crippen molar-refractivity contribution in [2.75, 3.05) is 7.18 Å². The lowest BCUT2D eigenvalue weighted by molar-refractivity contribution is 0.505. The zero-order valence-electron chi connectivity index (χ0n) is 8.29. The van der Waals surface area contributed by atoms with Gasteiger partial charge in [-0.15, -0.1) is 0 Å². The summed E-state index contributed by atoms with van der Waals surface area (Å²) >= 11 is 0. The first-order chi connectivity index (χ1) is 6.29. The molecule has 0 aromatic heterocycles. The largest absolute Gasteiger partial charge is 0.255 e. The molecule has 0 unspecified atom stereocenters. The molecule has 0 aromatic rings. The van der Waals surface area contributed by atoms with Crippen LogP contribution in [0.5, 0.6) is 0 Å². The molecule has 0 aromatic carbocycles. The van der Waals surface area contributed by atoms with Gasteiger partial charge >= 0.3 is 0 Å². The van der Waals surface area contributed by atoms with Gasteiger partial charge in [0.25, 0.3) is 0 Å². The van der Waals surface area contributed by atoms with Crippen molar-refractivity contribution in [3.8, 4) is 0 Å². The van der Waals surface area contributed by atoms with Crippen molar-refractivity contribution in [2.24, 2.45) is 5.10 Å². The molecule has 3 heteroatoms. The van der Waals surface area contributed by atoms with Crippen LogP contribution in [0.2, 0.25) is 0 Å². The van der Waals surface area contributed by atoms with Crippen molar-refractivity contribution in [3.05, 3.63) is 36.2 Å². The molecule has 0 spiro atoms.